The Bertz CT molecular complexity index is 5840. The third kappa shape index (κ3) is 35.9. The van der Waals surface area contributed by atoms with Crippen LogP contribution in [0.25, 0.3) is 101 Å². The number of nitrogens with zero attached hydrogens (tertiary/aromatic N) is 6. The summed E-state index contributed by atoms with van der Waals surface area (Å²) in [5.41, 5.74) is 8.51. The van der Waals surface area contributed by atoms with E-state index >= 15 is 0 Å². The highest BCUT2D eigenvalue weighted by atomic mass is 16.5. The minimum absolute atomic E-state index is 0.0124. The number of allylic oxidation sites excluding steroid dienone is 4. The van der Waals surface area contributed by atoms with Gasteiger partial charge in [0.15, 0.2) is 23.0 Å². The predicted molar refractivity (Wildman–Crippen MR) is 609 cm³/mol. The van der Waals surface area contributed by atoms with E-state index in [1.165, 1.54) is 231 Å². The molecule has 0 amide bonds. The number of nitrogens with one attached hydrogen (secondary N) is 2. The molecule has 0 radical (unpaired) electrons. The number of ether oxygens (including phenoxy) is 8. The lowest BCUT2D eigenvalue weighted by Gasteiger charge is -2.19. The Morgan fingerprint density at radius 3 is 0.952 bits per heavy atom. The summed E-state index contributed by atoms with van der Waals surface area (Å²) in [5.74, 6) is 12.2. The molecule has 2 N–H and O–H groups in total. The van der Waals surface area contributed by atoms with Crippen LogP contribution in [0, 0.1) is 57.2 Å². The van der Waals surface area contributed by atoms with Gasteiger partial charge in [-0.25, -0.2) is 9.97 Å². The van der Waals surface area contributed by atoms with Gasteiger partial charge in [0.1, 0.15) is 46.9 Å². The number of hydrogen-bond acceptors (Lipinski definition) is 14. The molecular weight excluding hydrogens is 1800 g/mol. The van der Waals surface area contributed by atoms with Crippen LogP contribution in [0.4, 0.5) is 0 Å². The fourth-order valence-corrected chi connectivity index (χ4v) is 20.2. The van der Waals surface area contributed by atoms with E-state index in [1.807, 2.05) is 85.0 Å². The zero-order chi connectivity index (χ0) is 103. The molecule has 0 aliphatic carbocycles. The number of H-pyrrole nitrogens is 2. The van der Waals surface area contributed by atoms with E-state index in [4.69, 9.17) is 47.9 Å². The molecule has 2 aliphatic heterocycles. The van der Waals surface area contributed by atoms with Gasteiger partial charge in [-0.3, -0.25) is 0 Å². The van der Waals surface area contributed by atoms with E-state index in [1.54, 1.807) is 14.2 Å². The van der Waals surface area contributed by atoms with Gasteiger partial charge in [0.2, 0.25) is 11.5 Å². The Labute approximate surface area is 876 Å². The van der Waals surface area contributed by atoms with Gasteiger partial charge in [0, 0.05) is 50.0 Å². The number of benzene rings is 6. The highest BCUT2D eigenvalue weighted by Crippen LogP contribution is 2.50. The quantitative estimate of drug-likeness (QED) is 0.0156. The molecule has 0 saturated heterocycles. The predicted octanol–water partition coefficient (Wildman–Crippen LogP) is 37.5. The molecular formula is C130H170N8O8. The van der Waals surface area contributed by atoms with Gasteiger partial charge in [0.05, 0.1) is 87.7 Å². The molecule has 2 aliphatic rings. The van der Waals surface area contributed by atoms with Crippen LogP contribution in [-0.2, 0) is 0 Å². The molecule has 0 spiro atoms. The second-order valence-electron chi connectivity index (χ2n) is 40.1. The van der Waals surface area contributed by atoms with E-state index in [0.717, 1.165) is 143 Å². The minimum Gasteiger partial charge on any atom is -0.497 e. The Hall–Kier alpha value is -12.2. The molecule has 16 heteroatoms. The van der Waals surface area contributed by atoms with E-state index in [0.29, 0.717) is 163 Å². The fourth-order valence-electron chi connectivity index (χ4n) is 20.2. The van der Waals surface area contributed by atoms with Crippen LogP contribution in [0.2, 0.25) is 0 Å². The smallest absolute Gasteiger partial charge is 0.203 e. The van der Waals surface area contributed by atoms with Crippen LogP contribution in [0.5, 0.6) is 46.0 Å². The summed E-state index contributed by atoms with van der Waals surface area (Å²) < 4.78 is 54.9. The van der Waals surface area contributed by atoms with Crippen molar-refractivity contribution in [3.05, 3.63) is 178 Å². The molecule has 8 bridgehead atoms. The number of hydrogen-bond donors (Lipinski definition) is 2. The minimum atomic E-state index is -0.364. The first-order valence-electron chi connectivity index (χ1n) is 57.1. The zero-order valence-corrected chi connectivity index (χ0v) is 90.2. The van der Waals surface area contributed by atoms with Gasteiger partial charge in [-0.05, 0) is 186 Å². The molecule has 778 valence electrons. The lowest BCUT2D eigenvalue weighted by Crippen LogP contribution is -2.07. The second kappa shape index (κ2) is 66.9. The van der Waals surface area contributed by atoms with Crippen molar-refractivity contribution in [2.24, 2.45) is 0 Å². The average Bonchev–Trinajstić information content (AvgIpc) is 1.50. The van der Waals surface area contributed by atoms with E-state index < -0.39 is 0 Å². The average molecular weight is 1970 g/mol. The third-order valence-corrected chi connectivity index (χ3v) is 28.6. The maximum Gasteiger partial charge on any atom is 0.203 e. The first kappa shape index (κ1) is 114. The second-order valence-corrected chi connectivity index (χ2v) is 40.1. The molecule has 0 atom stereocenters. The third-order valence-electron chi connectivity index (χ3n) is 28.6. The van der Waals surface area contributed by atoms with Crippen molar-refractivity contribution in [1.29, 1.82) is 21.0 Å². The van der Waals surface area contributed by atoms with Crippen molar-refractivity contribution in [2.75, 3.05) is 53.9 Å². The standard InChI is InChI=1S/C130H170N8O8/c1-9-15-21-27-33-39-45-51-57-83-141-120-91-102(92-121(142-84-58-52-46-40-34-28-22-16-10-2)129(120)145-87-61-55-49-43-37-31-25-19-13-5)125-114-77-75-112(135-114)111(72-69-99-65-63-66-100-89-106(139-7)70-73-108(99)100)113-76-78-115(136-113)126(117-80-82-119(138-117)128(118-81-79-116(125)137-118)127(105(97-133)98-134)124(104(95-131)96-132)110-68-64-67-101-90-107(140-8)71-74-109(101)110)103-93-122(143-85-59-53-47-41-35-29-23-17-11-3)130(146-88-62-56-50-44-38-32-26-20-14-6)123(94-103)144-86-60-54-48-42-36-30-24-18-12-4/h63-68,70-71,73-82,89-94,135,138H,9-62,83-88H2,1-8H3. The van der Waals surface area contributed by atoms with E-state index in [2.05, 4.69) is 148 Å². The number of aromatic amines is 2. The number of fused-ring (bicyclic) bond motifs is 10. The van der Waals surface area contributed by atoms with Crippen molar-refractivity contribution < 1.29 is 37.9 Å². The maximum atomic E-state index is 11.9. The summed E-state index contributed by atoms with van der Waals surface area (Å²) in [6, 6.07) is 49.2. The molecule has 16 nitrogen and oxygen atoms in total. The van der Waals surface area contributed by atoms with Gasteiger partial charge >= 0.3 is 0 Å². The highest BCUT2D eigenvalue weighted by molar-refractivity contribution is 6.18. The van der Waals surface area contributed by atoms with Gasteiger partial charge in [-0.1, -0.05) is 398 Å². The van der Waals surface area contributed by atoms with Crippen molar-refractivity contribution in [3.8, 4) is 104 Å². The summed E-state index contributed by atoms with van der Waals surface area (Å²) in [5, 5.41) is 50.6. The Morgan fingerprint density at radius 2 is 0.582 bits per heavy atom. The number of methoxy groups -OCH3 is 2. The van der Waals surface area contributed by atoms with Crippen molar-refractivity contribution in [2.45, 2.75) is 388 Å². The van der Waals surface area contributed by atoms with Crippen LogP contribution in [0.15, 0.2) is 132 Å². The maximum absolute atomic E-state index is 11.9. The fraction of sp³-hybridized carbons (Fsp3) is 0.523. The molecule has 5 heterocycles. The number of aromatic nitrogens is 4. The first-order chi connectivity index (χ1) is 72.1. The Balaban J connectivity index is 1.22. The Kier molecular flexibility index (Phi) is 52.3. The van der Waals surface area contributed by atoms with Crippen LogP contribution in [0.1, 0.15) is 433 Å². The molecule has 6 aromatic carbocycles. The molecule has 0 unspecified atom stereocenters. The summed E-state index contributed by atoms with van der Waals surface area (Å²) in [7, 11) is 3.30. The highest BCUT2D eigenvalue weighted by Gasteiger charge is 2.30. The number of nitriles is 4. The summed E-state index contributed by atoms with van der Waals surface area (Å²) in [6.45, 7) is 16.4. The normalized spacial score (nSPS) is 11.4. The largest absolute Gasteiger partial charge is 0.497 e. The van der Waals surface area contributed by atoms with Crippen LogP contribution >= 0.6 is 0 Å². The van der Waals surface area contributed by atoms with Crippen molar-refractivity contribution >= 4 is 79.1 Å². The SMILES string of the molecule is CCCCCCCCCCCOc1cc(-c2c3nc(c(C(=C(C#N)C#N)C(=C(C#N)C#N)c4cccc5cc(OC)ccc45)c4ccc([nH]4)c(-c4cc(OCCCCCCCCCCC)c(OCCCCCCCCCCC)c(OCCCCCCCCCCC)c4)c4nc(c(C#Cc5cccc6cc(OC)ccc56)c5ccc2[nH]5)C=C4)C=C3)cc(OCCCCCCCCCCC)c1OCCCCCCCCCCC. The van der Waals surface area contributed by atoms with Crippen LogP contribution in [0.3, 0.4) is 0 Å². The van der Waals surface area contributed by atoms with E-state index in [-0.39, 0.29) is 27.9 Å². The monoisotopic (exact) mass is 1970 g/mol. The zero-order valence-electron chi connectivity index (χ0n) is 90.2. The molecule has 11 rings (SSSR count). The molecule has 9 aromatic rings. The van der Waals surface area contributed by atoms with Gasteiger partial charge in [-0.2, -0.15) is 21.0 Å². The van der Waals surface area contributed by atoms with Gasteiger partial charge in [0.25, 0.3) is 0 Å². The topological polar surface area (TPSA) is 226 Å². The van der Waals surface area contributed by atoms with Crippen molar-refractivity contribution in [1.82, 2.24) is 19.9 Å². The number of rotatable bonds is 73. The molecule has 146 heavy (non-hydrogen) atoms. The summed E-state index contributed by atoms with van der Waals surface area (Å²) in [4.78, 5) is 19.7. The van der Waals surface area contributed by atoms with E-state index in [9.17, 15) is 21.0 Å². The molecule has 0 fully saturated rings. The lowest BCUT2D eigenvalue weighted by atomic mass is 9.83. The molecule has 0 saturated carbocycles. The van der Waals surface area contributed by atoms with Gasteiger partial charge in [-0.15, -0.1) is 0 Å². The lowest BCUT2D eigenvalue weighted by molar-refractivity contribution is 0.234. The van der Waals surface area contributed by atoms with Crippen LogP contribution in [-0.4, -0.2) is 73.8 Å². The Morgan fingerprint density at radius 1 is 0.281 bits per heavy atom. The first-order valence-corrected chi connectivity index (χ1v) is 57.1. The molecule has 3 aromatic heterocycles. The van der Waals surface area contributed by atoms with Crippen molar-refractivity contribution in [3.63, 3.8) is 0 Å². The van der Waals surface area contributed by atoms with Crippen LogP contribution < -0.4 is 37.9 Å². The number of unbranched alkanes of at least 4 members (excludes halogenated alkanes) is 48. The van der Waals surface area contributed by atoms with Gasteiger partial charge < -0.3 is 47.9 Å². The summed E-state index contributed by atoms with van der Waals surface area (Å²) in [6.07, 6.45) is 70.6. The summed E-state index contributed by atoms with van der Waals surface area (Å²) >= 11 is 0.